The summed E-state index contributed by atoms with van der Waals surface area (Å²) in [6.07, 6.45) is 23.8. The van der Waals surface area contributed by atoms with E-state index in [1.807, 2.05) is 0 Å². The molecule has 0 aromatic heterocycles. The van der Waals surface area contributed by atoms with Crippen LogP contribution in [0.2, 0.25) is 0 Å². The van der Waals surface area contributed by atoms with E-state index in [0.29, 0.717) is 11.5 Å². The Bertz CT molecular complexity index is 460. The summed E-state index contributed by atoms with van der Waals surface area (Å²) in [5.74, 6) is 0. The Hall–Kier alpha value is -0.160. The van der Waals surface area contributed by atoms with Gasteiger partial charge in [0.15, 0.2) is 0 Å². The summed E-state index contributed by atoms with van der Waals surface area (Å²) in [5, 5.41) is 3.66. The van der Waals surface area contributed by atoms with Crippen LogP contribution in [0.5, 0.6) is 0 Å². The van der Waals surface area contributed by atoms with Crippen molar-refractivity contribution in [2.75, 3.05) is 59.5 Å². The van der Waals surface area contributed by atoms with Gasteiger partial charge in [-0.1, -0.05) is 111 Å². The van der Waals surface area contributed by atoms with Crippen molar-refractivity contribution in [2.24, 2.45) is 5.41 Å². The molecule has 1 heterocycles. The third-order valence-corrected chi connectivity index (χ3v) is 8.24. The van der Waals surface area contributed by atoms with Crippen LogP contribution in [0.25, 0.3) is 0 Å². The molecule has 1 atom stereocenters. The van der Waals surface area contributed by atoms with E-state index in [9.17, 15) is 0 Å². The van der Waals surface area contributed by atoms with E-state index in [-0.39, 0.29) is 0 Å². The Balaban J connectivity index is 2.25. The highest BCUT2D eigenvalue weighted by atomic mass is 16.5. The Morgan fingerprint density at radius 1 is 0.806 bits per heavy atom. The predicted octanol–water partition coefficient (Wildman–Crippen LogP) is 7.91. The summed E-state index contributed by atoms with van der Waals surface area (Å²) in [7, 11) is 2.37. The standard InChI is InChI=1S/C32H67N3O/c1-6-9-12-15-16-19-23-33-28-31-29-35(26-27-36-31)25-20-24-34(5)30-32(4,21-17-13-10-7-2)22-18-14-11-8-3/h31,33H,6-30H2,1-5H3/t31-/m1/s1. The number of unbranched alkanes of at least 4 members (excludes halogenated alkanes) is 11. The second-order valence-electron chi connectivity index (χ2n) is 12.3. The summed E-state index contributed by atoms with van der Waals surface area (Å²) in [6, 6.07) is 0. The van der Waals surface area contributed by atoms with Gasteiger partial charge < -0.3 is 15.0 Å². The Morgan fingerprint density at radius 2 is 1.39 bits per heavy atom. The van der Waals surface area contributed by atoms with Gasteiger partial charge in [0.1, 0.15) is 0 Å². The third kappa shape index (κ3) is 18.2. The van der Waals surface area contributed by atoms with E-state index in [0.717, 1.165) is 32.8 Å². The normalized spacial score (nSPS) is 17.3. The number of morpholine rings is 1. The minimum Gasteiger partial charge on any atom is -0.374 e. The molecule has 0 bridgehead atoms. The lowest BCUT2D eigenvalue weighted by molar-refractivity contribution is -0.0278. The second kappa shape index (κ2) is 22.8. The molecule has 0 unspecified atom stereocenters. The van der Waals surface area contributed by atoms with Crippen molar-refractivity contribution in [3.63, 3.8) is 0 Å². The van der Waals surface area contributed by atoms with Crippen LogP contribution < -0.4 is 5.32 Å². The molecule has 1 rings (SSSR count). The molecule has 0 radical (unpaired) electrons. The van der Waals surface area contributed by atoms with Crippen molar-refractivity contribution in [1.29, 1.82) is 0 Å². The molecule has 36 heavy (non-hydrogen) atoms. The molecule has 1 saturated heterocycles. The molecular formula is C32H67N3O. The van der Waals surface area contributed by atoms with Crippen molar-refractivity contribution in [2.45, 2.75) is 143 Å². The Labute approximate surface area is 227 Å². The maximum absolute atomic E-state index is 6.06. The molecule has 1 N–H and O–H groups in total. The van der Waals surface area contributed by atoms with Crippen LogP contribution in [0.3, 0.4) is 0 Å². The highest BCUT2D eigenvalue weighted by Gasteiger charge is 2.25. The maximum atomic E-state index is 6.06. The zero-order valence-corrected chi connectivity index (χ0v) is 25.6. The van der Waals surface area contributed by atoms with Gasteiger partial charge in [-0.05, 0) is 57.8 Å². The lowest BCUT2D eigenvalue weighted by Gasteiger charge is -2.36. The first kappa shape index (κ1) is 33.9. The second-order valence-corrected chi connectivity index (χ2v) is 12.3. The molecule has 0 saturated carbocycles. The summed E-state index contributed by atoms with van der Waals surface area (Å²) in [6.45, 7) is 18.5. The first-order valence-electron chi connectivity index (χ1n) is 16.3. The summed E-state index contributed by atoms with van der Waals surface area (Å²) < 4.78 is 6.06. The first-order chi connectivity index (χ1) is 17.5. The molecular weight excluding hydrogens is 442 g/mol. The van der Waals surface area contributed by atoms with Crippen LogP contribution in [0.15, 0.2) is 0 Å². The van der Waals surface area contributed by atoms with Crippen LogP contribution in [0, 0.1) is 5.41 Å². The number of rotatable bonds is 25. The van der Waals surface area contributed by atoms with Gasteiger partial charge in [0.05, 0.1) is 12.7 Å². The van der Waals surface area contributed by atoms with Crippen LogP contribution in [-0.2, 0) is 4.74 Å². The van der Waals surface area contributed by atoms with E-state index >= 15 is 0 Å². The van der Waals surface area contributed by atoms with Crippen LogP contribution >= 0.6 is 0 Å². The average molecular weight is 510 g/mol. The average Bonchev–Trinajstić information content (AvgIpc) is 2.86. The summed E-state index contributed by atoms with van der Waals surface area (Å²) in [5.41, 5.74) is 0.488. The van der Waals surface area contributed by atoms with Gasteiger partial charge in [0, 0.05) is 26.2 Å². The molecule has 1 aliphatic rings. The predicted molar refractivity (Wildman–Crippen MR) is 160 cm³/mol. The van der Waals surface area contributed by atoms with Gasteiger partial charge in [0.25, 0.3) is 0 Å². The molecule has 0 amide bonds. The van der Waals surface area contributed by atoms with Crippen molar-refractivity contribution in [3.8, 4) is 0 Å². The van der Waals surface area contributed by atoms with Crippen molar-refractivity contribution < 1.29 is 4.74 Å². The molecule has 0 spiro atoms. The fraction of sp³-hybridized carbons (Fsp3) is 1.00. The number of nitrogens with zero attached hydrogens (tertiary/aromatic N) is 2. The Morgan fingerprint density at radius 3 is 2.03 bits per heavy atom. The number of hydrogen-bond donors (Lipinski definition) is 1. The van der Waals surface area contributed by atoms with E-state index in [2.05, 4.69) is 49.9 Å². The van der Waals surface area contributed by atoms with Crippen LogP contribution in [0.1, 0.15) is 137 Å². The monoisotopic (exact) mass is 510 g/mol. The molecule has 4 heteroatoms. The van der Waals surface area contributed by atoms with Crippen LogP contribution in [-0.4, -0.2) is 75.4 Å². The smallest absolute Gasteiger partial charge is 0.0826 e. The molecule has 0 aromatic rings. The van der Waals surface area contributed by atoms with Crippen molar-refractivity contribution >= 4 is 0 Å². The molecule has 216 valence electrons. The minimum absolute atomic E-state index is 0.367. The zero-order chi connectivity index (χ0) is 26.3. The topological polar surface area (TPSA) is 27.7 Å². The largest absolute Gasteiger partial charge is 0.374 e. The van der Waals surface area contributed by atoms with Gasteiger partial charge in [0.2, 0.25) is 0 Å². The quantitative estimate of drug-likeness (QED) is 0.127. The van der Waals surface area contributed by atoms with E-state index < -0.39 is 0 Å². The molecule has 1 fully saturated rings. The summed E-state index contributed by atoms with van der Waals surface area (Å²) >= 11 is 0. The van der Waals surface area contributed by atoms with Gasteiger partial charge >= 0.3 is 0 Å². The van der Waals surface area contributed by atoms with Gasteiger partial charge in [-0.2, -0.15) is 0 Å². The fourth-order valence-electron chi connectivity index (χ4n) is 5.94. The van der Waals surface area contributed by atoms with Gasteiger partial charge in [-0.25, -0.2) is 0 Å². The highest BCUT2D eigenvalue weighted by molar-refractivity contribution is 4.79. The molecule has 4 nitrogen and oxygen atoms in total. The number of ether oxygens (including phenoxy) is 1. The van der Waals surface area contributed by atoms with Crippen molar-refractivity contribution in [1.82, 2.24) is 15.1 Å². The summed E-state index contributed by atoms with van der Waals surface area (Å²) in [4.78, 5) is 5.28. The third-order valence-electron chi connectivity index (χ3n) is 8.24. The fourth-order valence-corrected chi connectivity index (χ4v) is 5.94. The Kier molecular flexibility index (Phi) is 21.4. The van der Waals surface area contributed by atoms with Crippen molar-refractivity contribution in [3.05, 3.63) is 0 Å². The van der Waals surface area contributed by atoms with Gasteiger partial charge in [-0.15, -0.1) is 0 Å². The molecule has 0 aromatic carbocycles. The zero-order valence-electron chi connectivity index (χ0n) is 25.6. The van der Waals surface area contributed by atoms with Gasteiger partial charge in [-0.3, -0.25) is 4.90 Å². The van der Waals surface area contributed by atoms with E-state index in [4.69, 9.17) is 4.74 Å². The number of hydrogen-bond acceptors (Lipinski definition) is 4. The SMILES string of the molecule is CCCCCCCCNC[C@@H]1CN(CCCN(C)CC(C)(CCCCCC)CCCCCC)CCO1. The first-order valence-corrected chi connectivity index (χ1v) is 16.3. The van der Waals surface area contributed by atoms with Crippen LogP contribution in [0.4, 0.5) is 0 Å². The van der Waals surface area contributed by atoms with E-state index in [1.165, 1.54) is 129 Å². The molecule has 0 aliphatic carbocycles. The maximum Gasteiger partial charge on any atom is 0.0826 e. The molecule has 1 aliphatic heterocycles. The lowest BCUT2D eigenvalue weighted by Crippen LogP contribution is -2.47. The number of nitrogens with one attached hydrogen (secondary N) is 1. The lowest BCUT2D eigenvalue weighted by atomic mass is 9.79. The minimum atomic E-state index is 0.367. The van der Waals surface area contributed by atoms with E-state index in [1.54, 1.807) is 0 Å². The highest BCUT2D eigenvalue weighted by Crippen LogP contribution is 2.32.